The molecule has 1 aromatic heterocycles. The van der Waals surface area contributed by atoms with E-state index in [0.717, 1.165) is 24.2 Å². The quantitative estimate of drug-likeness (QED) is 0.664. The fourth-order valence-electron chi connectivity index (χ4n) is 1.85. The standard InChI is InChI=1S/C14H24N2O2/c1-6-8-11(5)14-15-13(18-16-14)9-12(10(3)4)17-7-2/h11-12H,3,6-9H2,1-2,4-5H3. The summed E-state index contributed by atoms with van der Waals surface area (Å²) in [5.74, 6) is 1.78. The van der Waals surface area contributed by atoms with Crippen molar-refractivity contribution in [3.05, 3.63) is 23.9 Å². The molecule has 0 bridgehead atoms. The zero-order valence-corrected chi connectivity index (χ0v) is 11.9. The Bertz CT molecular complexity index is 374. The van der Waals surface area contributed by atoms with Gasteiger partial charge in [0.05, 0.1) is 12.5 Å². The summed E-state index contributed by atoms with van der Waals surface area (Å²) in [5.41, 5.74) is 0.984. The molecule has 0 N–H and O–H groups in total. The monoisotopic (exact) mass is 252 g/mol. The molecule has 0 aliphatic rings. The molecule has 4 heteroatoms. The number of hydrogen-bond acceptors (Lipinski definition) is 4. The SMILES string of the molecule is C=C(C)C(Cc1nc(C(C)CCC)no1)OCC. The van der Waals surface area contributed by atoms with Gasteiger partial charge in [0, 0.05) is 12.5 Å². The second-order valence-corrected chi connectivity index (χ2v) is 4.73. The largest absolute Gasteiger partial charge is 0.374 e. The molecule has 2 atom stereocenters. The minimum atomic E-state index is -0.0372. The lowest BCUT2D eigenvalue weighted by molar-refractivity contribution is 0.0828. The van der Waals surface area contributed by atoms with E-state index in [1.54, 1.807) is 0 Å². The molecule has 18 heavy (non-hydrogen) atoms. The van der Waals surface area contributed by atoms with Crippen LogP contribution in [0.5, 0.6) is 0 Å². The normalized spacial score (nSPS) is 14.4. The minimum Gasteiger partial charge on any atom is -0.374 e. The van der Waals surface area contributed by atoms with Crippen LogP contribution in [0.25, 0.3) is 0 Å². The number of hydrogen-bond donors (Lipinski definition) is 0. The first-order chi connectivity index (χ1) is 8.58. The molecule has 1 heterocycles. The maximum absolute atomic E-state index is 5.60. The highest BCUT2D eigenvalue weighted by molar-refractivity contribution is 5.03. The first-order valence-corrected chi connectivity index (χ1v) is 6.67. The summed E-state index contributed by atoms with van der Waals surface area (Å²) in [6.07, 6.45) is 2.77. The Morgan fingerprint density at radius 1 is 1.44 bits per heavy atom. The van der Waals surface area contributed by atoms with Crippen molar-refractivity contribution < 1.29 is 9.26 Å². The molecule has 1 aromatic rings. The molecular formula is C14H24N2O2. The number of rotatable bonds is 8. The van der Waals surface area contributed by atoms with Crippen LogP contribution in [0, 0.1) is 0 Å². The topological polar surface area (TPSA) is 48.2 Å². The summed E-state index contributed by atoms with van der Waals surface area (Å²) in [7, 11) is 0. The van der Waals surface area contributed by atoms with E-state index in [2.05, 4.69) is 30.6 Å². The Balaban J connectivity index is 2.64. The van der Waals surface area contributed by atoms with E-state index in [4.69, 9.17) is 9.26 Å². The first-order valence-electron chi connectivity index (χ1n) is 6.67. The van der Waals surface area contributed by atoms with Crippen LogP contribution in [0.1, 0.15) is 58.2 Å². The molecule has 2 unspecified atom stereocenters. The maximum Gasteiger partial charge on any atom is 0.229 e. The van der Waals surface area contributed by atoms with Gasteiger partial charge >= 0.3 is 0 Å². The Labute approximate surface area is 109 Å². The highest BCUT2D eigenvalue weighted by Gasteiger charge is 2.17. The van der Waals surface area contributed by atoms with Crippen molar-refractivity contribution in [2.75, 3.05) is 6.61 Å². The Morgan fingerprint density at radius 2 is 2.17 bits per heavy atom. The van der Waals surface area contributed by atoms with Gasteiger partial charge in [0.2, 0.25) is 5.89 Å². The molecule has 0 aliphatic carbocycles. The Kier molecular flexibility index (Phi) is 6.05. The van der Waals surface area contributed by atoms with Gasteiger partial charge in [-0.05, 0) is 20.3 Å². The van der Waals surface area contributed by atoms with Crippen LogP contribution in [0.2, 0.25) is 0 Å². The van der Waals surface area contributed by atoms with Gasteiger partial charge in [-0.15, -0.1) is 0 Å². The van der Waals surface area contributed by atoms with Crippen LogP contribution in [-0.4, -0.2) is 22.9 Å². The fourth-order valence-corrected chi connectivity index (χ4v) is 1.85. The van der Waals surface area contributed by atoms with Gasteiger partial charge in [0.1, 0.15) is 0 Å². The summed E-state index contributed by atoms with van der Waals surface area (Å²) >= 11 is 0. The highest BCUT2D eigenvalue weighted by atomic mass is 16.5. The van der Waals surface area contributed by atoms with Gasteiger partial charge in [0.15, 0.2) is 5.82 Å². The van der Waals surface area contributed by atoms with Gasteiger partial charge in [-0.2, -0.15) is 4.98 Å². The maximum atomic E-state index is 5.60. The van der Waals surface area contributed by atoms with E-state index in [-0.39, 0.29) is 6.10 Å². The zero-order chi connectivity index (χ0) is 13.5. The van der Waals surface area contributed by atoms with Gasteiger partial charge in [-0.3, -0.25) is 0 Å². The summed E-state index contributed by atoms with van der Waals surface area (Å²) < 4.78 is 10.9. The zero-order valence-electron chi connectivity index (χ0n) is 11.9. The van der Waals surface area contributed by atoms with Crippen LogP contribution < -0.4 is 0 Å². The lowest BCUT2D eigenvalue weighted by atomic mass is 10.1. The molecule has 0 aromatic carbocycles. The van der Waals surface area contributed by atoms with E-state index < -0.39 is 0 Å². The molecule has 0 aliphatic heterocycles. The summed E-state index contributed by atoms with van der Waals surface area (Å²) in [4.78, 5) is 4.43. The van der Waals surface area contributed by atoms with Crippen LogP contribution in [0.4, 0.5) is 0 Å². The number of ether oxygens (including phenoxy) is 1. The molecule has 4 nitrogen and oxygen atoms in total. The van der Waals surface area contributed by atoms with Crippen molar-refractivity contribution in [1.29, 1.82) is 0 Å². The fraction of sp³-hybridized carbons (Fsp3) is 0.714. The molecule has 0 radical (unpaired) electrons. The predicted molar refractivity (Wildman–Crippen MR) is 71.6 cm³/mol. The van der Waals surface area contributed by atoms with E-state index in [1.807, 2.05) is 13.8 Å². The van der Waals surface area contributed by atoms with E-state index >= 15 is 0 Å². The van der Waals surface area contributed by atoms with Crippen molar-refractivity contribution in [2.45, 2.75) is 59.0 Å². The Morgan fingerprint density at radius 3 is 2.72 bits per heavy atom. The van der Waals surface area contributed by atoms with Crippen LogP contribution in [-0.2, 0) is 11.2 Å². The molecule has 102 valence electrons. The number of nitrogens with zero attached hydrogens (tertiary/aromatic N) is 2. The molecule has 0 saturated carbocycles. The Hall–Kier alpha value is -1.16. The summed E-state index contributed by atoms with van der Waals surface area (Å²) in [5, 5.41) is 4.04. The molecular weight excluding hydrogens is 228 g/mol. The summed E-state index contributed by atoms with van der Waals surface area (Å²) in [6, 6.07) is 0. The molecule has 0 amide bonds. The average Bonchev–Trinajstić information content (AvgIpc) is 2.77. The third-order valence-electron chi connectivity index (χ3n) is 2.92. The molecule has 0 spiro atoms. The van der Waals surface area contributed by atoms with Crippen molar-refractivity contribution in [3.8, 4) is 0 Å². The summed E-state index contributed by atoms with van der Waals surface area (Å²) in [6.45, 7) is 12.8. The molecule has 0 fully saturated rings. The third kappa shape index (κ3) is 4.26. The van der Waals surface area contributed by atoms with Crippen molar-refractivity contribution in [2.24, 2.45) is 0 Å². The van der Waals surface area contributed by atoms with Gasteiger partial charge in [-0.25, -0.2) is 0 Å². The van der Waals surface area contributed by atoms with Gasteiger partial charge in [-0.1, -0.05) is 37.6 Å². The predicted octanol–water partition coefficient (Wildman–Crippen LogP) is 3.50. The van der Waals surface area contributed by atoms with Crippen molar-refractivity contribution in [3.63, 3.8) is 0 Å². The van der Waals surface area contributed by atoms with E-state index in [0.29, 0.717) is 24.8 Å². The average molecular weight is 252 g/mol. The van der Waals surface area contributed by atoms with Gasteiger partial charge < -0.3 is 9.26 Å². The highest BCUT2D eigenvalue weighted by Crippen LogP contribution is 2.18. The van der Waals surface area contributed by atoms with Crippen LogP contribution >= 0.6 is 0 Å². The lowest BCUT2D eigenvalue weighted by Gasteiger charge is -2.14. The third-order valence-corrected chi connectivity index (χ3v) is 2.92. The minimum absolute atomic E-state index is 0.0372. The van der Waals surface area contributed by atoms with E-state index in [1.165, 1.54) is 0 Å². The van der Waals surface area contributed by atoms with Crippen molar-refractivity contribution in [1.82, 2.24) is 10.1 Å². The first kappa shape index (κ1) is 14.9. The second kappa shape index (κ2) is 7.31. The van der Waals surface area contributed by atoms with Crippen molar-refractivity contribution >= 4 is 0 Å². The molecule has 0 saturated heterocycles. The lowest BCUT2D eigenvalue weighted by Crippen LogP contribution is -2.17. The number of aromatic nitrogens is 2. The van der Waals surface area contributed by atoms with Crippen LogP contribution in [0.3, 0.4) is 0 Å². The smallest absolute Gasteiger partial charge is 0.229 e. The van der Waals surface area contributed by atoms with Gasteiger partial charge in [0.25, 0.3) is 0 Å². The second-order valence-electron chi connectivity index (χ2n) is 4.73. The van der Waals surface area contributed by atoms with E-state index in [9.17, 15) is 0 Å². The molecule has 1 rings (SSSR count). The van der Waals surface area contributed by atoms with Crippen LogP contribution in [0.15, 0.2) is 16.7 Å².